The summed E-state index contributed by atoms with van der Waals surface area (Å²) in [7, 11) is -3.97. The number of halogens is 1. The van der Waals surface area contributed by atoms with Gasteiger partial charge in [0, 0.05) is 25.5 Å². The van der Waals surface area contributed by atoms with Crippen molar-refractivity contribution in [1.29, 1.82) is 0 Å². The zero-order chi connectivity index (χ0) is 20.0. The lowest BCUT2D eigenvalue weighted by Gasteiger charge is -2.26. The van der Waals surface area contributed by atoms with Crippen LogP contribution in [-0.4, -0.2) is 43.4 Å². The molecule has 1 aromatic carbocycles. The van der Waals surface area contributed by atoms with Crippen molar-refractivity contribution in [2.75, 3.05) is 19.7 Å². The molecule has 2 heterocycles. The average molecular weight is 406 g/mol. The average Bonchev–Trinajstić information content (AvgIpc) is 2.72. The fraction of sp³-hybridized carbons (Fsp3) is 0.400. The molecular formula is C20H23FN2O4S. The summed E-state index contributed by atoms with van der Waals surface area (Å²) in [6, 6.07) is 7.10. The van der Waals surface area contributed by atoms with Crippen molar-refractivity contribution in [2.24, 2.45) is 0 Å². The number of hydrogen-bond donors (Lipinski definition) is 0. The molecule has 0 saturated carbocycles. The van der Waals surface area contributed by atoms with E-state index in [-0.39, 0.29) is 12.2 Å². The first-order valence-electron chi connectivity index (χ1n) is 9.34. The molecule has 6 nitrogen and oxygen atoms in total. The van der Waals surface area contributed by atoms with Crippen LogP contribution in [0.25, 0.3) is 0 Å². The quantitative estimate of drug-likeness (QED) is 0.521. The number of sulfonamides is 1. The second-order valence-electron chi connectivity index (χ2n) is 6.70. The number of carbonyl (C=O) groups excluding carboxylic acids is 1. The fourth-order valence-corrected chi connectivity index (χ4v) is 4.75. The first-order valence-corrected chi connectivity index (χ1v) is 10.8. The molecule has 1 saturated heterocycles. The summed E-state index contributed by atoms with van der Waals surface area (Å²) in [6.07, 6.45) is 7.21. The van der Waals surface area contributed by atoms with E-state index in [0.717, 1.165) is 43.4 Å². The Balaban J connectivity index is 1.64. The number of aryl methyl sites for hydroxylation is 1. The highest BCUT2D eigenvalue weighted by molar-refractivity contribution is 7.89. The van der Waals surface area contributed by atoms with Gasteiger partial charge in [-0.05, 0) is 61.6 Å². The van der Waals surface area contributed by atoms with Gasteiger partial charge in [0.15, 0.2) is 0 Å². The molecule has 0 atom stereocenters. The van der Waals surface area contributed by atoms with Crippen LogP contribution in [0.4, 0.5) is 4.39 Å². The molecule has 0 spiro atoms. The second-order valence-corrected chi connectivity index (χ2v) is 8.61. The van der Waals surface area contributed by atoms with Crippen LogP contribution >= 0.6 is 0 Å². The van der Waals surface area contributed by atoms with Gasteiger partial charge >= 0.3 is 5.97 Å². The van der Waals surface area contributed by atoms with E-state index in [1.54, 1.807) is 12.4 Å². The Hall–Kier alpha value is -2.32. The SMILES string of the molecule is O=C(OCCCc1ccncc1)c1ccc(F)c(S(=O)(=O)N2CCCCC2)c1. The van der Waals surface area contributed by atoms with E-state index in [1.807, 2.05) is 12.1 Å². The van der Waals surface area contributed by atoms with Gasteiger partial charge in [-0.15, -0.1) is 0 Å². The van der Waals surface area contributed by atoms with Crippen molar-refractivity contribution in [3.05, 3.63) is 59.7 Å². The minimum Gasteiger partial charge on any atom is -0.462 e. The molecule has 28 heavy (non-hydrogen) atoms. The lowest BCUT2D eigenvalue weighted by atomic mass is 10.1. The number of carbonyl (C=O) groups is 1. The van der Waals surface area contributed by atoms with E-state index < -0.39 is 26.7 Å². The standard InChI is InChI=1S/C20H23FN2O4S/c21-18-7-6-17(15-19(18)28(25,26)23-12-2-1-3-13-23)20(24)27-14-4-5-16-8-10-22-11-9-16/h6-11,15H,1-5,12-14H2. The van der Waals surface area contributed by atoms with Crippen LogP contribution in [-0.2, 0) is 21.2 Å². The number of benzene rings is 1. The van der Waals surface area contributed by atoms with Gasteiger partial charge in [-0.25, -0.2) is 17.6 Å². The summed E-state index contributed by atoms with van der Waals surface area (Å²) in [5.74, 6) is -1.52. The predicted molar refractivity (Wildman–Crippen MR) is 102 cm³/mol. The van der Waals surface area contributed by atoms with Crippen LogP contribution in [0.5, 0.6) is 0 Å². The molecule has 2 aromatic rings. The molecule has 0 bridgehead atoms. The molecule has 1 aliphatic rings. The van der Waals surface area contributed by atoms with Crippen LogP contribution < -0.4 is 0 Å². The smallest absolute Gasteiger partial charge is 0.338 e. The summed E-state index contributed by atoms with van der Waals surface area (Å²) in [5.41, 5.74) is 1.11. The maximum absolute atomic E-state index is 14.2. The maximum atomic E-state index is 14.2. The molecule has 0 unspecified atom stereocenters. The summed E-state index contributed by atoms with van der Waals surface area (Å²) >= 11 is 0. The molecule has 1 aliphatic heterocycles. The second kappa shape index (κ2) is 9.25. The zero-order valence-corrected chi connectivity index (χ0v) is 16.3. The molecule has 0 amide bonds. The number of ether oxygens (including phenoxy) is 1. The molecule has 8 heteroatoms. The van der Waals surface area contributed by atoms with Gasteiger partial charge in [0.2, 0.25) is 10.0 Å². The third-order valence-electron chi connectivity index (χ3n) is 4.69. The Morgan fingerprint density at radius 1 is 1.11 bits per heavy atom. The Morgan fingerprint density at radius 3 is 2.54 bits per heavy atom. The van der Waals surface area contributed by atoms with Crippen molar-refractivity contribution in [3.63, 3.8) is 0 Å². The number of aromatic nitrogens is 1. The Labute approximate surface area is 164 Å². The largest absolute Gasteiger partial charge is 0.462 e. The summed E-state index contributed by atoms with van der Waals surface area (Å²) in [5, 5.41) is 0. The van der Waals surface area contributed by atoms with Crippen LogP contribution in [0.15, 0.2) is 47.6 Å². The Kier molecular flexibility index (Phi) is 6.74. The number of nitrogens with zero attached hydrogens (tertiary/aromatic N) is 2. The first kappa shape index (κ1) is 20.4. The Bertz CT molecular complexity index is 913. The predicted octanol–water partition coefficient (Wildman–Crippen LogP) is 3.18. The lowest BCUT2D eigenvalue weighted by molar-refractivity contribution is 0.0500. The fourth-order valence-electron chi connectivity index (χ4n) is 3.15. The van der Waals surface area contributed by atoms with Gasteiger partial charge in [-0.1, -0.05) is 6.42 Å². The molecule has 0 N–H and O–H groups in total. The van der Waals surface area contributed by atoms with Gasteiger partial charge in [0.25, 0.3) is 0 Å². The highest BCUT2D eigenvalue weighted by atomic mass is 32.2. The minimum absolute atomic E-state index is 0.0286. The summed E-state index contributed by atoms with van der Waals surface area (Å²) in [4.78, 5) is 15.7. The van der Waals surface area contributed by atoms with Gasteiger partial charge in [0.05, 0.1) is 12.2 Å². The Morgan fingerprint density at radius 2 is 1.82 bits per heavy atom. The van der Waals surface area contributed by atoms with E-state index in [1.165, 1.54) is 10.4 Å². The van der Waals surface area contributed by atoms with Crippen LogP contribution in [0.1, 0.15) is 41.6 Å². The lowest BCUT2D eigenvalue weighted by Crippen LogP contribution is -2.36. The molecule has 150 valence electrons. The van der Waals surface area contributed by atoms with E-state index >= 15 is 0 Å². The highest BCUT2D eigenvalue weighted by Crippen LogP contribution is 2.24. The van der Waals surface area contributed by atoms with Gasteiger partial charge < -0.3 is 4.74 Å². The third-order valence-corrected chi connectivity index (χ3v) is 6.61. The number of piperidine rings is 1. The monoisotopic (exact) mass is 406 g/mol. The molecule has 3 rings (SSSR count). The molecular weight excluding hydrogens is 383 g/mol. The zero-order valence-electron chi connectivity index (χ0n) is 15.5. The van der Waals surface area contributed by atoms with E-state index in [9.17, 15) is 17.6 Å². The van der Waals surface area contributed by atoms with Crippen LogP contribution in [0.2, 0.25) is 0 Å². The topological polar surface area (TPSA) is 76.6 Å². The molecule has 0 radical (unpaired) electrons. The van der Waals surface area contributed by atoms with E-state index in [4.69, 9.17) is 4.74 Å². The first-order chi connectivity index (χ1) is 13.5. The molecule has 1 aromatic heterocycles. The van der Waals surface area contributed by atoms with Crippen molar-refractivity contribution in [3.8, 4) is 0 Å². The van der Waals surface area contributed by atoms with Crippen molar-refractivity contribution in [1.82, 2.24) is 9.29 Å². The molecule has 0 aliphatic carbocycles. The van der Waals surface area contributed by atoms with Gasteiger partial charge in [0.1, 0.15) is 10.7 Å². The summed E-state index contributed by atoms with van der Waals surface area (Å²) in [6.45, 7) is 0.920. The van der Waals surface area contributed by atoms with Crippen molar-refractivity contribution < 1.29 is 22.3 Å². The van der Waals surface area contributed by atoms with Gasteiger partial charge in [-0.3, -0.25) is 4.98 Å². The molecule has 1 fully saturated rings. The van der Waals surface area contributed by atoms with Gasteiger partial charge in [-0.2, -0.15) is 4.31 Å². The van der Waals surface area contributed by atoms with Crippen LogP contribution in [0.3, 0.4) is 0 Å². The minimum atomic E-state index is -3.97. The number of esters is 1. The number of rotatable bonds is 7. The number of pyridine rings is 1. The maximum Gasteiger partial charge on any atom is 0.338 e. The van der Waals surface area contributed by atoms with E-state index in [2.05, 4.69) is 4.98 Å². The normalized spacial score (nSPS) is 15.3. The van der Waals surface area contributed by atoms with E-state index in [0.29, 0.717) is 19.5 Å². The highest BCUT2D eigenvalue weighted by Gasteiger charge is 2.29. The van der Waals surface area contributed by atoms with Crippen molar-refractivity contribution >= 4 is 16.0 Å². The number of hydrogen-bond acceptors (Lipinski definition) is 5. The summed E-state index contributed by atoms with van der Waals surface area (Å²) < 4.78 is 46.2. The third kappa shape index (κ3) is 4.94. The van der Waals surface area contributed by atoms with Crippen molar-refractivity contribution in [2.45, 2.75) is 37.0 Å². The van der Waals surface area contributed by atoms with Crippen LogP contribution in [0, 0.1) is 5.82 Å².